The molecule has 1 atom stereocenters. The van der Waals surface area contributed by atoms with Crippen molar-refractivity contribution in [2.75, 3.05) is 17.2 Å². The molecule has 114 valence electrons. The van der Waals surface area contributed by atoms with E-state index in [1.165, 1.54) is 0 Å². The maximum Gasteiger partial charge on any atom is 0.247 e. The third-order valence-electron chi connectivity index (χ3n) is 3.41. The molecule has 1 aromatic carbocycles. The molecule has 1 fully saturated rings. The number of carbonyl (C=O) groups is 2. The molecule has 2 amide bonds. The van der Waals surface area contributed by atoms with E-state index in [1.807, 2.05) is 13.0 Å². The first-order chi connectivity index (χ1) is 10.1. The van der Waals surface area contributed by atoms with E-state index >= 15 is 0 Å². The second-order valence-electron chi connectivity index (χ2n) is 5.08. The van der Waals surface area contributed by atoms with Crippen molar-refractivity contribution in [2.45, 2.75) is 38.6 Å². The molecule has 21 heavy (non-hydrogen) atoms. The summed E-state index contributed by atoms with van der Waals surface area (Å²) in [5.41, 5.74) is 1.45. The molecule has 1 saturated heterocycles. The zero-order chi connectivity index (χ0) is 15.2. The van der Waals surface area contributed by atoms with E-state index in [9.17, 15) is 9.59 Å². The highest BCUT2D eigenvalue weighted by Gasteiger charge is 2.23. The monoisotopic (exact) mass is 309 g/mol. The zero-order valence-corrected chi connectivity index (χ0v) is 12.8. The quantitative estimate of drug-likeness (QED) is 0.801. The SMILES string of the molecule is CCNc1ccc(Cl)cc1NC(=O)C1CCCCC(=O)N1. The molecule has 3 N–H and O–H groups in total. The number of benzene rings is 1. The fraction of sp³-hybridized carbons (Fsp3) is 0.467. The number of rotatable bonds is 4. The normalized spacial score (nSPS) is 18.6. The average Bonchev–Trinajstić information content (AvgIpc) is 2.66. The molecule has 0 aliphatic carbocycles. The number of nitrogens with one attached hydrogen (secondary N) is 3. The molecule has 1 aromatic rings. The smallest absolute Gasteiger partial charge is 0.247 e. The molecule has 6 heteroatoms. The van der Waals surface area contributed by atoms with Gasteiger partial charge in [0.2, 0.25) is 11.8 Å². The van der Waals surface area contributed by atoms with Crippen LogP contribution in [0.15, 0.2) is 18.2 Å². The van der Waals surface area contributed by atoms with Crippen LogP contribution in [0, 0.1) is 0 Å². The molecule has 0 radical (unpaired) electrons. The number of carbonyl (C=O) groups excluding carboxylic acids is 2. The second kappa shape index (κ2) is 7.31. The van der Waals surface area contributed by atoms with Crippen LogP contribution >= 0.6 is 11.6 Å². The van der Waals surface area contributed by atoms with Crippen LogP contribution in [0.25, 0.3) is 0 Å². The van der Waals surface area contributed by atoms with Crippen molar-refractivity contribution in [2.24, 2.45) is 0 Å². The summed E-state index contributed by atoms with van der Waals surface area (Å²) < 4.78 is 0. The van der Waals surface area contributed by atoms with Gasteiger partial charge in [0.25, 0.3) is 0 Å². The predicted molar refractivity (Wildman–Crippen MR) is 84.6 cm³/mol. The third-order valence-corrected chi connectivity index (χ3v) is 3.64. The molecule has 2 rings (SSSR count). The molecule has 0 spiro atoms. The number of halogens is 1. The van der Waals surface area contributed by atoms with E-state index in [1.54, 1.807) is 12.1 Å². The topological polar surface area (TPSA) is 70.2 Å². The number of hydrogen-bond acceptors (Lipinski definition) is 3. The largest absolute Gasteiger partial charge is 0.384 e. The van der Waals surface area contributed by atoms with E-state index in [-0.39, 0.29) is 11.8 Å². The van der Waals surface area contributed by atoms with Crippen LogP contribution in [0.2, 0.25) is 5.02 Å². The molecular weight excluding hydrogens is 290 g/mol. The Morgan fingerprint density at radius 1 is 1.38 bits per heavy atom. The van der Waals surface area contributed by atoms with Gasteiger partial charge in [0, 0.05) is 18.0 Å². The third kappa shape index (κ3) is 4.36. The van der Waals surface area contributed by atoms with Crippen molar-refractivity contribution in [3.63, 3.8) is 0 Å². The van der Waals surface area contributed by atoms with Gasteiger partial charge in [0.15, 0.2) is 0 Å². The second-order valence-corrected chi connectivity index (χ2v) is 5.51. The highest BCUT2D eigenvalue weighted by Crippen LogP contribution is 2.26. The Morgan fingerprint density at radius 3 is 2.95 bits per heavy atom. The van der Waals surface area contributed by atoms with Gasteiger partial charge < -0.3 is 16.0 Å². The number of hydrogen-bond donors (Lipinski definition) is 3. The van der Waals surface area contributed by atoms with Crippen molar-refractivity contribution < 1.29 is 9.59 Å². The lowest BCUT2D eigenvalue weighted by Crippen LogP contribution is -2.42. The highest BCUT2D eigenvalue weighted by molar-refractivity contribution is 6.31. The summed E-state index contributed by atoms with van der Waals surface area (Å²) in [6.07, 6.45) is 2.85. The van der Waals surface area contributed by atoms with E-state index in [4.69, 9.17) is 11.6 Å². The first kappa shape index (κ1) is 15.6. The highest BCUT2D eigenvalue weighted by atomic mass is 35.5. The Balaban J connectivity index is 2.11. The molecule has 1 aliphatic rings. The summed E-state index contributed by atoms with van der Waals surface area (Å²) in [6.45, 7) is 2.72. The summed E-state index contributed by atoms with van der Waals surface area (Å²) in [7, 11) is 0. The lowest BCUT2D eigenvalue weighted by molar-refractivity contribution is -0.125. The van der Waals surface area contributed by atoms with Crippen LogP contribution in [0.3, 0.4) is 0 Å². The molecule has 0 saturated carbocycles. The molecular formula is C15H20ClN3O2. The molecule has 1 aliphatic heterocycles. The summed E-state index contributed by atoms with van der Waals surface area (Å²) in [4.78, 5) is 23.9. The van der Waals surface area contributed by atoms with Crippen LogP contribution < -0.4 is 16.0 Å². The van der Waals surface area contributed by atoms with E-state index < -0.39 is 6.04 Å². The summed E-state index contributed by atoms with van der Waals surface area (Å²) >= 11 is 5.99. The Labute approximate surface area is 129 Å². The summed E-state index contributed by atoms with van der Waals surface area (Å²) in [6, 6.07) is 4.82. The maximum absolute atomic E-state index is 12.3. The predicted octanol–water partition coefficient (Wildman–Crippen LogP) is 2.77. The first-order valence-corrected chi connectivity index (χ1v) is 7.61. The minimum absolute atomic E-state index is 0.0642. The fourth-order valence-electron chi connectivity index (χ4n) is 2.35. The fourth-order valence-corrected chi connectivity index (χ4v) is 2.53. The van der Waals surface area contributed by atoms with Gasteiger partial charge in [-0.05, 0) is 38.0 Å². The van der Waals surface area contributed by atoms with Gasteiger partial charge in [-0.15, -0.1) is 0 Å². The van der Waals surface area contributed by atoms with Gasteiger partial charge in [-0.1, -0.05) is 18.0 Å². The van der Waals surface area contributed by atoms with Crippen LogP contribution in [-0.2, 0) is 9.59 Å². The van der Waals surface area contributed by atoms with Crippen molar-refractivity contribution >= 4 is 34.8 Å². The molecule has 0 aromatic heterocycles. The van der Waals surface area contributed by atoms with Gasteiger partial charge in [-0.25, -0.2) is 0 Å². The first-order valence-electron chi connectivity index (χ1n) is 7.24. The maximum atomic E-state index is 12.3. The summed E-state index contributed by atoms with van der Waals surface area (Å²) in [5, 5.41) is 9.34. The van der Waals surface area contributed by atoms with Crippen molar-refractivity contribution in [3.8, 4) is 0 Å². The Bertz CT molecular complexity index is 534. The molecule has 5 nitrogen and oxygen atoms in total. The van der Waals surface area contributed by atoms with Crippen LogP contribution in [0.1, 0.15) is 32.6 Å². The lowest BCUT2D eigenvalue weighted by atomic mass is 10.1. The van der Waals surface area contributed by atoms with Crippen molar-refractivity contribution in [1.29, 1.82) is 0 Å². The standard InChI is InChI=1S/C15H20ClN3O2/c1-2-17-11-8-7-10(16)9-13(11)19-15(21)12-5-3-4-6-14(20)18-12/h7-9,12,17H,2-6H2,1H3,(H,18,20)(H,19,21). The number of anilines is 2. The minimum Gasteiger partial charge on any atom is -0.384 e. The van der Waals surface area contributed by atoms with E-state index in [2.05, 4.69) is 16.0 Å². The van der Waals surface area contributed by atoms with Gasteiger partial charge in [-0.3, -0.25) is 9.59 Å². The lowest BCUT2D eigenvalue weighted by Gasteiger charge is -2.18. The Kier molecular flexibility index (Phi) is 5.44. The van der Waals surface area contributed by atoms with E-state index in [0.29, 0.717) is 23.6 Å². The van der Waals surface area contributed by atoms with Gasteiger partial charge >= 0.3 is 0 Å². The zero-order valence-electron chi connectivity index (χ0n) is 12.0. The van der Waals surface area contributed by atoms with Gasteiger partial charge in [0.1, 0.15) is 6.04 Å². The minimum atomic E-state index is -0.478. The van der Waals surface area contributed by atoms with Crippen molar-refractivity contribution in [1.82, 2.24) is 5.32 Å². The molecule has 1 unspecified atom stereocenters. The molecule has 1 heterocycles. The van der Waals surface area contributed by atoms with Gasteiger partial charge in [0.05, 0.1) is 11.4 Å². The van der Waals surface area contributed by atoms with Crippen LogP contribution in [0.5, 0.6) is 0 Å². The van der Waals surface area contributed by atoms with Gasteiger partial charge in [-0.2, -0.15) is 0 Å². The van der Waals surface area contributed by atoms with Crippen molar-refractivity contribution in [3.05, 3.63) is 23.2 Å². The van der Waals surface area contributed by atoms with Crippen LogP contribution in [-0.4, -0.2) is 24.4 Å². The number of amides is 2. The molecule has 0 bridgehead atoms. The van der Waals surface area contributed by atoms with E-state index in [0.717, 1.165) is 25.1 Å². The summed E-state index contributed by atoms with van der Waals surface area (Å²) in [5.74, 6) is -0.266. The Morgan fingerprint density at radius 2 is 2.19 bits per heavy atom. The van der Waals surface area contributed by atoms with Crippen LogP contribution in [0.4, 0.5) is 11.4 Å². The average molecular weight is 310 g/mol. The Hall–Kier alpha value is -1.75.